The molecular formula is C13H24N2O3. The molecule has 2 rings (SSSR count). The van der Waals surface area contributed by atoms with E-state index in [9.17, 15) is 9.90 Å². The molecule has 104 valence electrons. The van der Waals surface area contributed by atoms with Gasteiger partial charge in [0.1, 0.15) is 0 Å². The van der Waals surface area contributed by atoms with Crippen molar-refractivity contribution >= 4 is 6.03 Å². The quantitative estimate of drug-likeness (QED) is 0.778. The van der Waals surface area contributed by atoms with Crippen molar-refractivity contribution in [1.29, 1.82) is 0 Å². The Morgan fingerprint density at radius 1 is 1.22 bits per heavy atom. The molecular weight excluding hydrogens is 232 g/mol. The van der Waals surface area contributed by atoms with Gasteiger partial charge in [-0.3, -0.25) is 0 Å². The zero-order valence-corrected chi connectivity index (χ0v) is 11.1. The minimum absolute atomic E-state index is 0.00384. The summed E-state index contributed by atoms with van der Waals surface area (Å²) in [6.07, 6.45) is 5.65. The summed E-state index contributed by atoms with van der Waals surface area (Å²) in [6.45, 7) is 1.30. The highest BCUT2D eigenvalue weighted by atomic mass is 16.5. The summed E-state index contributed by atoms with van der Waals surface area (Å²) in [4.78, 5) is 13.9. The SMILES string of the molecule is CO[C@H]1CCCC[C@@H]1NC(=O)N1CCC(O)CC1. The lowest BCUT2D eigenvalue weighted by Crippen LogP contribution is -2.52. The number of urea groups is 1. The molecule has 2 atom stereocenters. The summed E-state index contributed by atoms with van der Waals surface area (Å²) in [6, 6.07) is 0.138. The molecule has 5 heteroatoms. The van der Waals surface area contributed by atoms with Gasteiger partial charge in [-0.25, -0.2) is 4.79 Å². The summed E-state index contributed by atoms with van der Waals surface area (Å²) in [5.41, 5.74) is 0. The van der Waals surface area contributed by atoms with Gasteiger partial charge in [-0.05, 0) is 25.7 Å². The first-order chi connectivity index (χ1) is 8.70. The first-order valence-electron chi connectivity index (χ1n) is 6.97. The Labute approximate surface area is 108 Å². The Morgan fingerprint density at radius 2 is 1.89 bits per heavy atom. The summed E-state index contributed by atoms with van der Waals surface area (Å²) in [5, 5.41) is 12.5. The number of likely N-dealkylation sites (tertiary alicyclic amines) is 1. The van der Waals surface area contributed by atoms with Gasteiger partial charge >= 0.3 is 6.03 Å². The van der Waals surface area contributed by atoms with Crippen LogP contribution in [0.1, 0.15) is 38.5 Å². The van der Waals surface area contributed by atoms with Crippen LogP contribution < -0.4 is 5.32 Å². The molecule has 0 radical (unpaired) electrons. The first-order valence-corrected chi connectivity index (χ1v) is 6.97. The minimum Gasteiger partial charge on any atom is -0.393 e. The zero-order valence-electron chi connectivity index (χ0n) is 11.1. The highest BCUT2D eigenvalue weighted by Gasteiger charge is 2.29. The molecule has 1 aliphatic heterocycles. The summed E-state index contributed by atoms with van der Waals surface area (Å²) < 4.78 is 5.44. The van der Waals surface area contributed by atoms with E-state index in [1.165, 1.54) is 6.42 Å². The second kappa shape index (κ2) is 6.38. The van der Waals surface area contributed by atoms with E-state index in [0.717, 1.165) is 19.3 Å². The number of carbonyl (C=O) groups is 1. The third-order valence-corrected chi connectivity index (χ3v) is 4.07. The molecule has 0 bridgehead atoms. The third kappa shape index (κ3) is 3.36. The molecule has 2 aliphatic rings. The van der Waals surface area contributed by atoms with Crippen LogP contribution in [0.3, 0.4) is 0 Å². The number of ether oxygens (including phenoxy) is 1. The molecule has 1 saturated carbocycles. The van der Waals surface area contributed by atoms with Crippen molar-refractivity contribution in [3.05, 3.63) is 0 Å². The van der Waals surface area contributed by atoms with Crippen LogP contribution in [-0.4, -0.2) is 54.5 Å². The van der Waals surface area contributed by atoms with Crippen LogP contribution in [0.5, 0.6) is 0 Å². The van der Waals surface area contributed by atoms with Crippen LogP contribution in [-0.2, 0) is 4.74 Å². The van der Waals surface area contributed by atoms with Crippen LogP contribution in [0, 0.1) is 0 Å². The van der Waals surface area contributed by atoms with E-state index in [0.29, 0.717) is 25.9 Å². The fourth-order valence-electron chi connectivity index (χ4n) is 2.86. The van der Waals surface area contributed by atoms with Crippen molar-refractivity contribution in [2.75, 3.05) is 20.2 Å². The van der Waals surface area contributed by atoms with E-state index < -0.39 is 0 Å². The lowest BCUT2D eigenvalue weighted by Gasteiger charge is -2.35. The lowest BCUT2D eigenvalue weighted by atomic mass is 9.92. The van der Waals surface area contributed by atoms with E-state index in [4.69, 9.17) is 4.74 Å². The van der Waals surface area contributed by atoms with Crippen LogP contribution in [0.4, 0.5) is 4.79 Å². The maximum Gasteiger partial charge on any atom is 0.317 e. The van der Waals surface area contributed by atoms with Gasteiger partial charge in [0.15, 0.2) is 0 Å². The van der Waals surface area contributed by atoms with Gasteiger partial charge in [0, 0.05) is 20.2 Å². The van der Waals surface area contributed by atoms with E-state index >= 15 is 0 Å². The average molecular weight is 256 g/mol. The zero-order chi connectivity index (χ0) is 13.0. The second-order valence-electron chi connectivity index (χ2n) is 5.33. The number of nitrogens with one attached hydrogen (secondary N) is 1. The molecule has 1 heterocycles. The molecule has 0 unspecified atom stereocenters. The van der Waals surface area contributed by atoms with Crippen molar-refractivity contribution in [3.63, 3.8) is 0 Å². The van der Waals surface area contributed by atoms with Crippen LogP contribution in [0.15, 0.2) is 0 Å². The van der Waals surface area contributed by atoms with Gasteiger partial charge in [0.25, 0.3) is 0 Å². The number of aliphatic hydroxyl groups excluding tert-OH is 1. The molecule has 5 nitrogen and oxygen atoms in total. The Bertz CT molecular complexity index is 277. The number of nitrogens with zero attached hydrogens (tertiary/aromatic N) is 1. The number of carbonyl (C=O) groups excluding carboxylic acids is 1. The molecule has 2 N–H and O–H groups in total. The molecule has 0 spiro atoms. The highest BCUT2D eigenvalue weighted by molar-refractivity contribution is 5.74. The van der Waals surface area contributed by atoms with Gasteiger partial charge in [-0.15, -0.1) is 0 Å². The number of hydrogen-bond acceptors (Lipinski definition) is 3. The average Bonchev–Trinajstić information content (AvgIpc) is 2.40. The predicted octanol–water partition coefficient (Wildman–Crippen LogP) is 1.11. The summed E-state index contributed by atoms with van der Waals surface area (Å²) in [7, 11) is 1.71. The number of piperidine rings is 1. The van der Waals surface area contributed by atoms with E-state index in [2.05, 4.69) is 5.32 Å². The number of amides is 2. The maximum absolute atomic E-state index is 12.1. The Morgan fingerprint density at radius 3 is 2.56 bits per heavy atom. The maximum atomic E-state index is 12.1. The van der Waals surface area contributed by atoms with Gasteiger partial charge in [0.2, 0.25) is 0 Å². The van der Waals surface area contributed by atoms with Crippen molar-refractivity contribution in [3.8, 4) is 0 Å². The lowest BCUT2D eigenvalue weighted by molar-refractivity contribution is 0.0405. The topological polar surface area (TPSA) is 61.8 Å². The van der Waals surface area contributed by atoms with Crippen molar-refractivity contribution in [2.45, 2.75) is 56.8 Å². The van der Waals surface area contributed by atoms with E-state index in [-0.39, 0.29) is 24.3 Å². The van der Waals surface area contributed by atoms with Gasteiger partial charge in [-0.2, -0.15) is 0 Å². The fraction of sp³-hybridized carbons (Fsp3) is 0.923. The highest BCUT2D eigenvalue weighted by Crippen LogP contribution is 2.21. The van der Waals surface area contributed by atoms with Crippen molar-refractivity contribution in [2.24, 2.45) is 0 Å². The number of hydrogen-bond donors (Lipinski definition) is 2. The van der Waals surface area contributed by atoms with Gasteiger partial charge in [-0.1, -0.05) is 12.8 Å². The van der Waals surface area contributed by atoms with Crippen LogP contribution in [0.2, 0.25) is 0 Å². The molecule has 2 amide bonds. The summed E-state index contributed by atoms with van der Waals surface area (Å²) >= 11 is 0. The molecule has 2 fully saturated rings. The standard InChI is InChI=1S/C13H24N2O3/c1-18-12-5-3-2-4-11(12)14-13(17)15-8-6-10(16)7-9-15/h10-12,16H,2-9H2,1H3,(H,14,17)/t11-,12-/m0/s1. The van der Waals surface area contributed by atoms with Crippen molar-refractivity contribution in [1.82, 2.24) is 10.2 Å². The Balaban J connectivity index is 1.82. The van der Waals surface area contributed by atoms with E-state index in [1.807, 2.05) is 0 Å². The van der Waals surface area contributed by atoms with Gasteiger partial charge < -0.3 is 20.1 Å². The monoisotopic (exact) mass is 256 g/mol. The molecule has 0 aromatic carbocycles. The van der Waals surface area contributed by atoms with E-state index in [1.54, 1.807) is 12.0 Å². The largest absolute Gasteiger partial charge is 0.393 e. The molecule has 0 aromatic rings. The third-order valence-electron chi connectivity index (χ3n) is 4.07. The molecule has 0 aromatic heterocycles. The Hall–Kier alpha value is -0.810. The molecule has 1 aliphatic carbocycles. The molecule has 1 saturated heterocycles. The number of aliphatic hydroxyl groups is 1. The normalized spacial score (nSPS) is 30.2. The first kappa shape index (κ1) is 13.6. The second-order valence-corrected chi connectivity index (χ2v) is 5.33. The van der Waals surface area contributed by atoms with Crippen molar-refractivity contribution < 1.29 is 14.6 Å². The van der Waals surface area contributed by atoms with Crippen LogP contribution in [0.25, 0.3) is 0 Å². The minimum atomic E-state index is -0.240. The Kier molecular flexibility index (Phi) is 4.83. The smallest absolute Gasteiger partial charge is 0.317 e. The van der Waals surface area contributed by atoms with Gasteiger partial charge in [0.05, 0.1) is 18.2 Å². The fourth-order valence-corrected chi connectivity index (χ4v) is 2.86. The van der Waals surface area contributed by atoms with Crippen LogP contribution >= 0.6 is 0 Å². The summed E-state index contributed by atoms with van der Waals surface area (Å²) in [5.74, 6) is 0. The predicted molar refractivity (Wildman–Crippen MR) is 68.4 cm³/mol. The number of rotatable bonds is 2. The molecule has 18 heavy (non-hydrogen) atoms. The number of methoxy groups -OCH3 is 1.